The van der Waals surface area contributed by atoms with E-state index in [-0.39, 0.29) is 5.75 Å². The van der Waals surface area contributed by atoms with Gasteiger partial charge in [-0.15, -0.1) is 10.2 Å². The van der Waals surface area contributed by atoms with E-state index >= 15 is 0 Å². The maximum atomic E-state index is 9.72. The summed E-state index contributed by atoms with van der Waals surface area (Å²) in [5.41, 5.74) is 2.48. The summed E-state index contributed by atoms with van der Waals surface area (Å²) in [6.07, 6.45) is 1.65. The number of aromatic hydroxyl groups is 1. The van der Waals surface area contributed by atoms with E-state index in [1.54, 1.807) is 18.3 Å². The zero-order chi connectivity index (χ0) is 12.3. The number of aryl methyl sites for hydroxylation is 1. The molecule has 2 aromatic rings. The molecule has 0 atom stereocenters. The highest BCUT2D eigenvalue weighted by Gasteiger charge is 2.06. The Bertz CT molecular complexity index is 550. The van der Waals surface area contributed by atoms with Gasteiger partial charge in [-0.25, -0.2) is 4.98 Å². The van der Waals surface area contributed by atoms with Gasteiger partial charge in [0, 0.05) is 6.20 Å². The van der Waals surface area contributed by atoms with Crippen LogP contribution < -0.4 is 0 Å². The maximum absolute atomic E-state index is 9.72. The molecule has 1 N–H and O–H groups in total. The molecule has 0 aliphatic rings. The summed E-state index contributed by atoms with van der Waals surface area (Å²) in [5.74, 6) is 0.653. The van der Waals surface area contributed by atoms with Crippen LogP contribution in [0.2, 0.25) is 0 Å². The Labute approximate surface area is 99.7 Å². The van der Waals surface area contributed by atoms with Crippen molar-refractivity contribution < 1.29 is 5.11 Å². The van der Waals surface area contributed by atoms with Crippen LogP contribution in [0.3, 0.4) is 0 Å². The van der Waals surface area contributed by atoms with Gasteiger partial charge in [0.15, 0.2) is 5.82 Å². The van der Waals surface area contributed by atoms with Crippen LogP contribution in [-0.4, -0.2) is 10.1 Å². The highest BCUT2D eigenvalue weighted by atomic mass is 16.3. The van der Waals surface area contributed by atoms with Crippen molar-refractivity contribution in [1.29, 1.82) is 0 Å². The van der Waals surface area contributed by atoms with Crippen LogP contribution in [0.5, 0.6) is 5.75 Å². The fourth-order valence-electron chi connectivity index (χ4n) is 1.43. The molecule has 1 aromatic heterocycles. The lowest BCUT2D eigenvalue weighted by Crippen LogP contribution is -1.81. The number of rotatable bonds is 2. The van der Waals surface area contributed by atoms with E-state index in [1.165, 1.54) is 0 Å². The zero-order valence-electron chi connectivity index (χ0n) is 9.75. The summed E-state index contributed by atoms with van der Waals surface area (Å²) in [4.78, 5) is 4.03. The van der Waals surface area contributed by atoms with E-state index < -0.39 is 0 Å². The minimum atomic E-state index is 0.132. The van der Waals surface area contributed by atoms with Gasteiger partial charge in [-0.05, 0) is 43.2 Å². The molecule has 0 saturated heterocycles. The van der Waals surface area contributed by atoms with Gasteiger partial charge in [-0.1, -0.05) is 12.1 Å². The molecule has 0 radical (unpaired) electrons. The van der Waals surface area contributed by atoms with Gasteiger partial charge in [-0.3, -0.25) is 0 Å². The smallest absolute Gasteiger partial charge is 0.174 e. The summed E-state index contributed by atoms with van der Waals surface area (Å²) in [5, 5.41) is 17.8. The molecular formula is C13H13N3O. The fraction of sp³-hybridized carbons (Fsp3) is 0.154. The van der Waals surface area contributed by atoms with E-state index in [0.717, 1.165) is 11.1 Å². The molecule has 0 aliphatic carbocycles. The first-order chi connectivity index (χ1) is 8.18. The van der Waals surface area contributed by atoms with E-state index in [2.05, 4.69) is 15.2 Å². The van der Waals surface area contributed by atoms with E-state index in [9.17, 15) is 5.11 Å². The Kier molecular flexibility index (Phi) is 3.14. The van der Waals surface area contributed by atoms with Crippen LogP contribution in [0.15, 0.2) is 46.8 Å². The second-order valence-electron chi connectivity index (χ2n) is 3.76. The Morgan fingerprint density at radius 2 is 1.88 bits per heavy atom. The summed E-state index contributed by atoms with van der Waals surface area (Å²) < 4.78 is 0. The molecule has 17 heavy (non-hydrogen) atoms. The van der Waals surface area contributed by atoms with Gasteiger partial charge in [0.2, 0.25) is 0 Å². The lowest BCUT2D eigenvalue weighted by Gasteiger charge is -2.04. The minimum absolute atomic E-state index is 0.132. The van der Waals surface area contributed by atoms with Gasteiger partial charge in [0.05, 0.1) is 0 Å². The van der Waals surface area contributed by atoms with Crippen molar-refractivity contribution >= 4 is 11.5 Å². The average molecular weight is 227 g/mol. The third-order valence-electron chi connectivity index (χ3n) is 2.58. The summed E-state index contributed by atoms with van der Waals surface area (Å²) >= 11 is 0. The summed E-state index contributed by atoms with van der Waals surface area (Å²) in [7, 11) is 0. The van der Waals surface area contributed by atoms with Crippen LogP contribution >= 0.6 is 0 Å². The standard InChI is InChI=1S/C13H13N3O/c1-9-6-7-11(17)13(10(9)2)16-15-12-5-3-4-8-14-12/h3-8,17H,1-2H3. The lowest BCUT2D eigenvalue weighted by molar-refractivity contribution is 0.476. The van der Waals surface area contributed by atoms with Crippen LogP contribution in [-0.2, 0) is 0 Å². The second-order valence-corrected chi connectivity index (χ2v) is 3.76. The lowest BCUT2D eigenvalue weighted by atomic mass is 10.1. The van der Waals surface area contributed by atoms with Crippen molar-refractivity contribution in [2.24, 2.45) is 10.2 Å². The molecule has 0 amide bonds. The molecule has 0 aliphatic heterocycles. The van der Waals surface area contributed by atoms with Crippen molar-refractivity contribution in [2.75, 3.05) is 0 Å². The summed E-state index contributed by atoms with van der Waals surface area (Å²) in [6, 6.07) is 8.88. The molecule has 4 heteroatoms. The molecule has 86 valence electrons. The van der Waals surface area contributed by atoms with Crippen LogP contribution in [0, 0.1) is 13.8 Å². The zero-order valence-corrected chi connectivity index (χ0v) is 9.75. The molecule has 0 unspecified atom stereocenters. The predicted octanol–water partition coefficient (Wildman–Crippen LogP) is 3.82. The Morgan fingerprint density at radius 1 is 1.06 bits per heavy atom. The van der Waals surface area contributed by atoms with Crippen LogP contribution in [0.25, 0.3) is 0 Å². The highest BCUT2D eigenvalue weighted by molar-refractivity contribution is 5.58. The van der Waals surface area contributed by atoms with Crippen LogP contribution in [0.1, 0.15) is 11.1 Å². The summed E-state index contributed by atoms with van der Waals surface area (Å²) in [6.45, 7) is 3.87. The van der Waals surface area contributed by atoms with E-state index in [1.807, 2.05) is 32.0 Å². The molecule has 2 rings (SSSR count). The largest absolute Gasteiger partial charge is 0.506 e. The monoisotopic (exact) mass is 227 g/mol. The molecule has 0 saturated carbocycles. The van der Waals surface area contributed by atoms with Gasteiger partial charge < -0.3 is 5.11 Å². The van der Waals surface area contributed by atoms with Crippen molar-refractivity contribution in [3.8, 4) is 5.75 Å². The van der Waals surface area contributed by atoms with Gasteiger partial charge in [0.25, 0.3) is 0 Å². The number of pyridine rings is 1. The number of hydrogen-bond acceptors (Lipinski definition) is 4. The number of benzene rings is 1. The second kappa shape index (κ2) is 4.74. The third kappa shape index (κ3) is 2.47. The highest BCUT2D eigenvalue weighted by Crippen LogP contribution is 2.33. The topological polar surface area (TPSA) is 57.8 Å². The SMILES string of the molecule is Cc1ccc(O)c(N=Nc2ccccn2)c1C. The van der Waals surface area contributed by atoms with E-state index in [0.29, 0.717) is 11.5 Å². The minimum Gasteiger partial charge on any atom is -0.506 e. The Morgan fingerprint density at radius 3 is 2.59 bits per heavy atom. The number of hydrogen-bond donors (Lipinski definition) is 1. The molecular weight excluding hydrogens is 214 g/mol. The van der Waals surface area contributed by atoms with Crippen molar-refractivity contribution in [3.05, 3.63) is 47.7 Å². The van der Waals surface area contributed by atoms with Crippen LogP contribution in [0.4, 0.5) is 11.5 Å². The van der Waals surface area contributed by atoms with Gasteiger partial charge in [-0.2, -0.15) is 0 Å². The average Bonchev–Trinajstić information content (AvgIpc) is 2.35. The van der Waals surface area contributed by atoms with E-state index in [4.69, 9.17) is 0 Å². The number of aromatic nitrogens is 1. The first-order valence-electron chi connectivity index (χ1n) is 5.30. The van der Waals surface area contributed by atoms with Crippen molar-refractivity contribution in [1.82, 2.24) is 4.98 Å². The molecule has 1 aromatic carbocycles. The van der Waals surface area contributed by atoms with Gasteiger partial charge >= 0.3 is 0 Å². The Balaban J connectivity index is 2.37. The molecule has 1 heterocycles. The Hall–Kier alpha value is -2.23. The molecule has 4 nitrogen and oxygen atoms in total. The number of phenols is 1. The molecule has 0 spiro atoms. The number of nitrogens with zero attached hydrogens (tertiary/aromatic N) is 3. The fourth-order valence-corrected chi connectivity index (χ4v) is 1.43. The first-order valence-corrected chi connectivity index (χ1v) is 5.30. The third-order valence-corrected chi connectivity index (χ3v) is 2.58. The van der Waals surface area contributed by atoms with Gasteiger partial charge in [0.1, 0.15) is 11.4 Å². The van der Waals surface area contributed by atoms with Crippen molar-refractivity contribution in [3.63, 3.8) is 0 Å². The normalized spacial score (nSPS) is 10.9. The molecule has 0 fully saturated rings. The number of phenolic OH excluding ortho intramolecular Hbond substituents is 1. The predicted molar refractivity (Wildman–Crippen MR) is 66.0 cm³/mol. The quantitative estimate of drug-likeness (QED) is 0.793. The molecule has 0 bridgehead atoms. The first kappa shape index (κ1) is 11.3. The van der Waals surface area contributed by atoms with Crippen molar-refractivity contribution in [2.45, 2.75) is 13.8 Å². The number of azo groups is 1. The maximum Gasteiger partial charge on any atom is 0.174 e.